The Morgan fingerprint density at radius 3 is 2.56 bits per heavy atom. The third-order valence-electron chi connectivity index (χ3n) is 3.60. The van der Waals surface area contributed by atoms with Crippen LogP contribution in [0.4, 0.5) is 0 Å². The van der Waals surface area contributed by atoms with Crippen LogP contribution in [0.3, 0.4) is 0 Å². The number of rotatable bonds is 6. The van der Waals surface area contributed by atoms with Gasteiger partial charge in [0.05, 0.1) is 12.2 Å². The van der Waals surface area contributed by atoms with E-state index in [9.17, 15) is 4.79 Å². The summed E-state index contributed by atoms with van der Waals surface area (Å²) in [6.45, 7) is 4.41. The van der Waals surface area contributed by atoms with E-state index in [2.05, 4.69) is 16.4 Å². The van der Waals surface area contributed by atoms with Crippen molar-refractivity contribution in [3.63, 3.8) is 0 Å². The van der Waals surface area contributed by atoms with Crippen LogP contribution in [0.25, 0.3) is 10.6 Å². The standard InChI is InChI=1S/C20H20N2O2S/c1-14-8-15(2)10-18(9-14)24-12-19(23)21-11-17-13-25-20(22-17)16-6-4-3-5-7-16/h3-10,13H,11-12H2,1-2H3,(H,21,23). The molecule has 2 aromatic carbocycles. The van der Waals surface area contributed by atoms with Crippen molar-refractivity contribution in [2.75, 3.05) is 6.61 Å². The van der Waals surface area contributed by atoms with Crippen LogP contribution < -0.4 is 10.1 Å². The molecule has 1 heterocycles. The average molecular weight is 352 g/mol. The van der Waals surface area contributed by atoms with Crippen LogP contribution in [-0.2, 0) is 11.3 Å². The highest BCUT2D eigenvalue weighted by Gasteiger charge is 2.07. The molecular weight excluding hydrogens is 332 g/mol. The van der Waals surface area contributed by atoms with Gasteiger partial charge >= 0.3 is 0 Å². The molecule has 1 N–H and O–H groups in total. The number of benzene rings is 2. The Labute approximate surface area is 151 Å². The molecule has 0 fully saturated rings. The topological polar surface area (TPSA) is 51.2 Å². The number of carbonyl (C=O) groups is 1. The Morgan fingerprint density at radius 2 is 1.84 bits per heavy atom. The molecule has 3 aromatic rings. The van der Waals surface area contributed by atoms with Gasteiger partial charge in [0.2, 0.25) is 0 Å². The molecule has 0 radical (unpaired) electrons. The van der Waals surface area contributed by atoms with Gasteiger partial charge in [-0.2, -0.15) is 0 Å². The Balaban J connectivity index is 1.50. The van der Waals surface area contributed by atoms with Gasteiger partial charge in [-0.1, -0.05) is 36.4 Å². The lowest BCUT2D eigenvalue weighted by molar-refractivity contribution is -0.123. The zero-order chi connectivity index (χ0) is 17.6. The van der Waals surface area contributed by atoms with E-state index in [1.807, 2.05) is 61.7 Å². The van der Waals surface area contributed by atoms with Crippen molar-refractivity contribution in [2.24, 2.45) is 0 Å². The van der Waals surface area contributed by atoms with Crippen molar-refractivity contribution in [3.05, 3.63) is 70.7 Å². The zero-order valence-electron chi connectivity index (χ0n) is 14.3. The maximum atomic E-state index is 12.0. The van der Waals surface area contributed by atoms with Crippen molar-refractivity contribution in [1.82, 2.24) is 10.3 Å². The van der Waals surface area contributed by atoms with Crippen molar-refractivity contribution in [2.45, 2.75) is 20.4 Å². The lowest BCUT2D eigenvalue weighted by Gasteiger charge is -2.08. The Hall–Kier alpha value is -2.66. The molecule has 0 bridgehead atoms. The number of hydrogen-bond acceptors (Lipinski definition) is 4. The quantitative estimate of drug-likeness (QED) is 0.726. The number of thiazole rings is 1. The highest BCUT2D eigenvalue weighted by molar-refractivity contribution is 7.13. The second-order valence-corrected chi connectivity index (χ2v) is 6.76. The zero-order valence-corrected chi connectivity index (χ0v) is 15.1. The number of nitrogens with zero attached hydrogens (tertiary/aromatic N) is 1. The van der Waals surface area contributed by atoms with E-state index in [4.69, 9.17) is 4.74 Å². The number of aryl methyl sites for hydroxylation is 2. The lowest BCUT2D eigenvalue weighted by Crippen LogP contribution is -2.28. The van der Waals surface area contributed by atoms with Crippen LogP contribution in [0.2, 0.25) is 0 Å². The van der Waals surface area contributed by atoms with Gasteiger partial charge in [-0.3, -0.25) is 4.79 Å². The molecule has 1 amide bonds. The molecular formula is C20H20N2O2S. The summed E-state index contributed by atoms with van der Waals surface area (Å²) < 4.78 is 5.56. The van der Waals surface area contributed by atoms with E-state index in [-0.39, 0.29) is 12.5 Å². The fourth-order valence-electron chi connectivity index (χ4n) is 2.51. The molecule has 25 heavy (non-hydrogen) atoms. The van der Waals surface area contributed by atoms with E-state index in [1.54, 1.807) is 11.3 Å². The highest BCUT2D eigenvalue weighted by Crippen LogP contribution is 2.23. The first kappa shape index (κ1) is 17.2. The number of hydrogen-bond donors (Lipinski definition) is 1. The number of amides is 1. The minimum absolute atomic E-state index is 0.00142. The second kappa shape index (κ2) is 7.94. The van der Waals surface area contributed by atoms with E-state index in [0.29, 0.717) is 12.3 Å². The SMILES string of the molecule is Cc1cc(C)cc(OCC(=O)NCc2csc(-c3ccccc3)n2)c1. The monoisotopic (exact) mass is 352 g/mol. The van der Waals surface area contributed by atoms with Gasteiger partial charge in [-0.15, -0.1) is 11.3 Å². The summed E-state index contributed by atoms with van der Waals surface area (Å²) in [5.41, 5.74) is 4.17. The van der Waals surface area contributed by atoms with E-state index >= 15 is 0 Å². The van der Waals surface area contributed by atoms with Crippen molar-refractivity contribution < 1.29 is 9.53 Å². The fraction of sp³-hybridized carbons (Fsp3) is 0.200. The molecule has 0 atom stereocenters. The summed E-state index contributed by atoms with van der Waals surface area (Å²) >= 11 is 1.57. The van der Waals surface area contributed by atoms with Crippen LogP contribution in [-0.4, -0.2) is 17.5 Å². The minimum atomic E-state index is -0.159. The summed E-state index contributed by atoms with van der Waals surface area (Å²) in [4.78, 5) is 16.5. The Morgan fingerprint density at radius 1 is 1.12 bits per heavy atom. The summed E-state index contributed by atoms with van der Waals surface area (Å²) in [6.07, 6.45) is 0. The Bertz CT molecular complexity index is 839. The molecule has 0 aliphatic heterocycles. The van der Waals surface area contributed by atoms with Crippen molar-refractivity contribution >= 4 is 17.2 Å². The molecule has 0 saturated carbocycles. The predicted molar refractivity (Wildman–Crippen MR) is 101 cm³/mol. The molecule has 0 spiro atoms. The molecule has 1 aromatic heterocycles. The van der Waals surface area contributed by atoms with Gasteiger partial charge in [0.15, 0.2) is 6.61 Å². The molecule has 0 aliphatic carbocycles. The molecule has 0 aliphatic rings. The van der Waals surface area contributed by atoms with Gasteiger partial charge in [0, 0.05) is 10.9 Å². The van der Waals surface area contributed by atoms with Crippen LogP contribution in [0.1, 0.15) is 16.8 Å². The highest BCUT2D eigenvalue weighted by atomic mass is 32.1. The maximum Gasteiger partial charge on any atom is 0.258 e. The van der Waals surface area contributed by atoms with Crippen LogP contribution in [0.15, 0.2) is 53.9 Å². The molecule has 4 nitrogen and oxygen atoms in total. The summed E-state index contributed by atoms with van der Waals surface area (Å²) in [5.74, 6) is 0.557. The third-order valence-corrected chi connectivity index (χ3v) is 4.54. The second-order valence-electron chi connectivity index (χ2n) is 5.90. The van der Waals surface area contributed by atoms with E-state index in [1.165, 1.54) is 0 Å². The van der Waals surface area contributed by atoms with E-state index in [0.717, 1.165) is 27.4 Å². The first-order valence-electron chi connectivity index (χ1n) is 8.08. The normalized spacial score (nSPS) is 10.5. The van der Waals surface area contributed by atoms with Gasteiger partial charge < -0.3 is 10.1 Å². The average Bonchev–Trinajstić information content (AvgIpc) is 3.07. The van der Waals surface area contributed by atoms with Gasteiger partial charge in [-0.25, -0.2) is 4.98 Å². The largest absolute Gasteiger partial charge is 0.484 e. The fourth-order valence-corrected chi connectivity index (χ4v) is 3.33. The Kier molecular flexibility index (Phi) is 5.46. The van der Waals surface area contributed by atoms with Gasteiger partial charge in [0.1, 0.15) is 10.8 Å². The molecule has 0 saturated heterocycles. The first-order valence-corrected chi connectivity index (χ1v) is 8.96. The molecule has 128 valence electrons. The first-order chi connectivity index (χ1) is 12.1. The van der Waals surface area contributed by atoms with Crippen LogP contribution >= 0.6 is 11.3 Å². The number of carbonyl (C=O) groups excluding carboxylic acids is 1. The summed E-state index contributed by atoms with van der Waals surface area (Å²) in [7, 11) is 0. The molecule has 3 rings (SSSR count). The minimum Gasteiger partial charge on any atom is -0.484 e. The maximum absolute atomic E-state index is 12.0. The predicted octanol–water partition coefficient (Wildman–Crippen LogP) is 4.12. The molecule has 5 heteroatoms. The van der Waals surface area contributed by atoms with Crippen LogP contribution in [0.5, 0.6) is 5.75 Å². The van der Waals surface area contributed by atoms with Crippen LogP contribution in [0, 0.1) is 13.8 Å². The number of nitrogens with one attached hydrogen (secondary N) is 1. The summed E-state index contributed by atoms with van der Waals surface area (Å²) in [5, 5.41) is 5.76. The summed E-state index contributed by atoms with van der Waals surface area (Å²) in [6, 6.07) is 15.9. The van der Waals surface area contributed by atoms with E-state index < -0.39 is 0 Å². The number of aromatic nitrogens is 1. The van der Waals surface area contributed by atoms with Crippen molar-refractivity contribution in [3.8, 4) is 16.3 Å². The molecule has 0 unspecified atom stereocenters. The van der Waals surface area contributed by atoms with Crippen molar-refractivity contribution in [1.29, 1.82) is 0 Å². The smallest absolute Gasteiger partial charge is 0.258 e. The third kappa shape index (κ3) is 4.90. The lowest BCUT2D eigenvalue weighted by atomic mass is 10.1. The van der Waals surface area contributed by atoms with Gasteiger partial charge in [-0.05, 0) is 37.1 Å². The van der Waals surface area contributed by atoms with Gasteiger partial charge in [0.25, 0.3) is 5.91 Å². The number of ether oxygens (including phenoxy) is 1.